The average molecular weight is 344 g/mol. The zero-order chi connectivity index (χ0) is 18.4. The maximum atomic E-state index is 12.2. The van der Waals surface area contributed by atoms with E-state index in [-0.39, 0.29) is 5.91 Å². The van der Waals surface area contributed by atoms with Crippen molar-refractivity contribution in [2.45, 2.75) is 25.8 Å². The second-order valence-corrected chi connectivity index (χ2v) is 6.61. The van der Waals surface area contributed by atoms with Crippen molar-refractivity contribution in [3.05, 3.63) is 35.4 Å². The Labute approximate surface area is 149 Å². The van der Waals surface area contributed by atoms with Gasteiger partial charge in [0.2, 0.25) is 0 Å². The van der Waals surface area contributed by atoms with Crippen molar-refractivity contribution < 1.29 is 9.59 Å². The number of aryl methyl sites for hydroxylation is 1. The number of benzene rings is 1. The zero-order valence-electron chi connectivity index (χ0n) is 15.3. The predicted molar refractivity (Wildman–Crippen MR) is 101 cm³/mol. The normalized spacial score (nSPS) is 16.6. The fourth-order valence-corrected chi connectivity index (χ4v) is 3.15. The first-order valence-corrected chi connectivity index (χ1v) is 8.64. The molecule has 136 valence electrons. The van der Waals surface area contributed by atoms with Gasteiger partial charge in [0.05, 0.1) is 12.2 Å². The number of nitrogens with two attached hydrogens (primary N) is 1. The number of hydrogen-bond donors (Lipinski definition) is 2. The van der Waals surface area contributed by atoms with Gasteiger partial charge in [0.1, 0.15) is 6.29 Å². The Morgan fingerprint density at radius 3 is 2.68 bits per heavy atom. The van der Waals surface area contributed by atoms with Gasteiger partial charge in [-0.3, -0.25) is 14.5 Å². The molecular formula is C19H28N4O2. The molecule has 0 aliphatic carbocycles. The Kier molecular flexibility index (Phi) is 6.73. The van der Waals surface area contributed by atoms with Crippen LogP contribution in [-0.4, -0.2) is 57.0 Å². The van der Waals surface area contributed by atoms with Crippen LogP contribution in [0, 0.1) is 6.92 Å². The lowest BCUT2D eigenvalue weighted by Gasteiger charge is -2.35. The van der Waals surface area contributed by atoms with Crippen molar-refractivity contribution >= 4 is 23.5 Å². The van der Waals surface area contributed by atoms with Gasteiger partial charge in [0.15, 0.2) is 0 Å². The molecule has 3 N–H and O–H groups in total. The number of rotatable bonds is 6. The van der Waals surface area contributed by atoms with E-state index < -0.39 is 0 Å². The van der Waals surface area contributed by atoms with Crippen molar-refractivity contribution in [2.75, 3.05) is 38.8 Å². The lowest BCUT2D eigenvalue weighted by molar-refractivity contribution is -0.115. The third-order valence-electron chi connectivity index (χ3n) is 4.61. The van der Waals surface area contributed by atoms with E-state index in [2.05, 4.69) is 15.1 Å². The van der Waals surface area contributed by atoms with Gasteiger partial charge in [0.25, 0.3) is 5.91 Å². The number of aldehydes is 1. The van der Waals surface area contributed by atoms with Gasteiger partial charge >= 0.3 is 0 Å². The fourth-order valence-electron chi connectivity index (χ4n) is 3.15. The molecule has 0 bridgehead atoms. The van der Waals surface area contributed by atoms with Crippen LogP contribution in [0.3, 0.4) is 0 Å². The first kappa shape index (κ1) is 19.1. The Morgan fingerprint density at radius 2 is 2.08 bits per heavy atom. The summed E-state index contributed by atoms with van der Waals surface area (Å²) in [5, 5.41) is 2.61. The van der Waals surface area contributed by atoms with Crippen LogP contribution in [0.4, 0.5) is 5.69 Å². The SMILES string of the molecule is CNC(=O)/C(=C/C=O)c1ccc(C)cc1N(C)CN1CCC(N)CC1. The van der Waals surface area contributed by atoms with Crippen molar-refractivity contribution in [2.24, 2.45) is 5.73 Å². The van der Waals surface area contributed by atoms with Crippen LogP contribution in [0.15, 0.2) is 24.3 Å². The number of carbonyl (C=O) groups is 2. The molecule has 1 aliphatic heterocycles. The molecular weight excluding hydrogens is 316 g/mol. The highest BCUT2D eigenvalue weighted by Gasteiger charge is 2.20. The highest BCUT2D eigenvalue weighted by Crippen LogP contribution is 2.28. The van der Waals surface area contributed by atoms with E-state index in [0.717, 1.165) is 49.4 Å². The van der Waals surface area contributed by atoms with E-state index in [1.165, 1.54) is 6.08 Å². The van der Waals surface area contributed by atoms with Gasteiger partial charge in [0, 0.05) is 44.5 Å². The molecule has 1 amide bonds. The minimum atomic E-state index is -0.269. The van der Waals surface area contributed by atoms with Crippen molar-refractivity contribution in [3.8, 4) is 0 Å². The number of nitrogens with one attached hydrogen (secondary N) is 1. The number of nitrogens with zero attached hydrogens (tertiary/aromatic N) is 2. The molecule has 1 aromatic carbocycles. The molecule has 1 aromatic rings. The smallest absolute Gasteiger partial charge is 0.251 e. The molecule has 1 saturated heterocycles. The number of piperidine rings is 1. The second-order valence-electron chi connectivity index (χ2n) is 6.61. The summed E-state index contributed by atoms with van der Waals surface area (Å²) in [6.07, 6.45) is 3.98. The van der Waals surface area contributed by atoms with E-state index in [0.29, 0.717) is 17.9 Å². The van der Waals surface area contributed by atoms with E-state index in [4.69, 9.17) is 5.73 Å². The van der Waals surface area contributed by atoms with E-state index in [9.17, 15) is 9.59 Å². The third kappa shape index (κ3) is 4.90. The molecule has 0 atom stereocenters. The van der Waals surface area contributed by atoms with Crippen molar-refractivity contribution in [3.63, 3.8) is 0 Å². The molecule has 1 aliphatic rings. The van der Waals surface area contributed by atoms with E-state index >= 15 is 0 Å². The summed E-state index contributed by atoms with van der Waals surface area (Å²) >= 11 is 0. The van der Waals surface area contributed by atoms with Crippen molar-refractivity contribution in [1.29, 1.82) is 0 Å². The average Bonchev–Trinajstić information content (AvgIpc) is 2.61. The molecule has 0 saturated carbocycles. The highest BCUT2D eigenvalue weighted by molar-refractivity contribution is 6.23. The van der Waals surface area contributed by atoms with Crippen LogP contribution in [0.25, 0.3) is 5.57 Å². The van der Waals surface area contributed by atoms with Gasteiger partial charge in [-0.15, -0.1) is 0 Å². The van der Waals surface area contributed by atoms with E-state index in [1.54, 1.807) is 7.05 Å². The van der Waals surface area contributed by atoms with Crippen LogP contribution < -0.4 is 16.0 Å². The Bertz CT molecular complexity index is 649. The maximum absolute atomic E-state index is 12.2. The molecule has 0 radical (unpaired) electrons. The maximum Gasteiger partial charge on any atom is 0.251 e. The highest BCUT2D eigenvalue weighted by atomic mass is 16.1. The lowest BCUT2D eigenvalue weighted by Crippen LogP contribution is -2.44. The third-order valence-corrected chi connectivity index (χ3v) is 4.61. The minimum absolute atomic E-state index is 0.269. The summed E-state index contributed by atoms with van der Waals surface area (Å²) < 4.78 is 0. The molecule has 6 heteroatoms. The predicted octanol–water partition coefficient (Wildman–Crippen LogP) is 1.14. The molecule has 0 spiro atoms. The van der Waals surface area contributed by atoms with Gasteiger partial charge in [-0.2, -0.15) is 0 Å². The van der Waals surface area contributed by atoms with Crippen LogP contribution in [0.2, 0.25) is 0 Å². The van der Waals surface area contributed by atoms with Crippen LogP contribution in [0.5, 0.6) is 0 Å². The molecule has 0 aromatic heterocycles. The second kappa shape index (κ2) is 8.78. The van der Waals surface area contributed by atoms with Crippen LogP contribution >= 0.6 is 0 Å². The molecule has 2 rings (SSSR count). The fraction of sp³-hybridized carbons (Fsp3) is 0.474. The largest absolute Gasteiger partial charge is 0.361 e. The summed E-state index contributed by atoms with van der Waals surface area (Å²) in [6, 6.07) is 6.20. The van der Waals surface area contributed by atoms with Gasteiger partial charge < -0.3 is 16.0 Å². The van der Waals surface area contributed by atoms with Crippen LogP contribution in [0.1, 0.15) is 24.0 Å². The summed E-state index contributed by atoms with van der Waals surface area (Å²) in [5.41, 5.74) is 9.15. The first-order chi connectivity index (χ1) is 12.0. The Morgan fingerprint density at radius 1 is 1.40 bits per heavy atom. The molecule has 0 unspecified atom stereocenters. The Balaban J connectivity index is 2.29. The number of hydrogen-bond acceptors (Lipinski definition) is 5. The Hall–Kier alpha value is -2.18. The number of anilines is 1. The van der Waals surface area contributed by atoms with E-state index in [1.807, 2.05) is 32.2 Å². The number of likely N-dealkylation sites (N-methyl/N-ethyl adjacent to an activating group) is 1. The van der Waals surface area contributed by atoms with Gasteiger partial charge in [-0.05, 0) is 37.5 Å². The molecule has 6 nitrogen and oxygen atoms in total. The minimum Gasteiger partial charge on any atom is -0.361 e. The summed E-state index contributed by atoms with van der Waals surface area (Å²) in [4.78, 5) is 27.7. The summed E-state index contributed by atoms with van der Waals surface area (Å²) in [6.45, 7) is 4.72. The monoisotopic (exact) mass is 344 g/mol. The zero-order valence-corrected chi connectivity index (χ0v) is 15.3. The number of carbonyl (C=O) groups excluding carboxylic acids is 2. The molecule has 1 fully saturated rings. The standard InChI is InChI=1S/C19H28N4O2/c1-14-4-5-16(17(8-11-24)19(25)21-2)18(12-14)22(3)13-23-9-6-15(20)7-10-23/h4-5,8,11-12,15H,6-7,9-10,13,20H2,1-3H3,(H,21,25)/b17-8+. The van der Waals surface area contributed by atoms with Gasteiger partial charge in [-0.1, -0.05) is 12.1 Å². The quantitative estimate of drug-likeness (QED) is 0.598. The first-order valence-electron chi connectivity index (χ1n) is 8.64. The lowest BCUT2D eigenvalue weighted by atomic mass is 10.00. The summed E-state index contributed by atoms with van der Waals surface area (Å²) in [7, 11) is 3.57. The number of allylic oxidation sites excluding steroid dienone is 1. The molecule has 25 heavy (non-hydrogen) atoms. The number of likely N-dealkylation sites (tertiary alicyclic amines) is 1. The van der Waals surface area contributed by atoms with Crippen molar-refractivity contribution in [1.82, 2.24) is 10.2 Å². The number of amides is 1. The summed E-state index contributed by atoms with van der Waals surface area (Å²) in [5.74, 6) is -0.269. The molecule has 1 heterocycles. The topological polar surface area (TPSA) is 78.7 Å². The van der Waals surface area contributed by atoms with Gasteiger partial charge in [-0.25, -0.2) is 0 Å². The van der Waals surface area contributed by atoms with Crippen LogP contribution in [-0.2, 0) is 9.59 Å².